The SMILES string of the molecule is CC(C)CN(C)C(=O)c1ccc(Br)cc1. The predicted molar refractivity (Wildman–Crippen MR) is 65.9 cm³/mol. The Kier molecular flexibility index (Phi) is 4.33. The lowest BCUT2D eigenvalue weighted by Crippen LogP contribution is -2.30. The number of amides is 1. The summed E-state index contributed by atoms with van der Waals surface area (Å²) in [7, 11) is 1.84. The van der Waals surface area contributed by atoms with Gasteiger partial charge in [-0.1, -0.05) is 29.8 Å². The molecule has 0 radical (unpaired) electrons. The highest BCUT2D eigenvalue weighted by atomic mass is 79.9. The van der Waals surface area contributed by atoms with E-state index in [1.165, 1.54) is 0 Å². The Balaban J connectivity index is 2.72. The molecule has 0 spiro atoms. The molecule has 0 aromatic heterocycles. The first-order valence-electron chi connectivity index (χ1n) is 5.01. The molecule has 0 heterocycles. The van der Waals surface area contributed by atoms with E-state index in [0.29, 0.717) is 5.92 Å². The average molecular weight is 270 g/mol. The van der Waals surface area contributed by atoms with Gasteiger partial charge >= 0.3 is 0 Å². The van der Waals surface area contributed by atoms with Crippen LogP contribution in [-0.4, -0.2) is 24.4 Å². The molecule has 0 N–H and O–H groups in total. The fourth-order valence-electron chi connectivity index (χ4n) is 1.44. The highest BCUT2D eigenvalue weighted by Gasteiger charge is 2.11. The Morgan fingerprint density at radius 1 is 1.33 bits per heavy atom. The second kappa shape index (κ2) is 5.31. The van der Waals surface area contributed by atoms with Gasteiger partial charge in [0.25, 0.3) is 5.91 Å². The minimum Gasteiger partial charge on any atom is -0.341 e. The Morgan fingerprint density at radius 3 is 2.33 bits per heavy atom. The predicted octanol–water partition coefficient (Wildman–Crippen LogP) is 3.18. The lowest BCUT2D eigenvalue weighted by molar-refractivity contribution is 0.0779. The highest BCUT2D eigenvalue weighted by Crippen LogP contribution is 2.12. The Morgan fingerprint density at radius 2 is 1.87 bits per heavy atom. The van der Waals surface area contributed by atoms with Crippen LogP contribution in [-0.2, 0) is 0 Å². The Labute approximate surface area is 99.4 Å². The van der Waals surface area contributed by atoms with E-state index in [4.69, 9.17) is 0 Å². The molecule has 0 unspecified atom stereocenters. The van der Waals surface area contributed by atoms with Crippen molar-refractivity contribution < 1.29 is 4.79 Å². The molecule has 15 heavy (non-hydrogen) atoms. The minimum absolute atomic E-state index is 0.0798. The molecule has 0 saturated carbocycles. The standard InChI is InChI=1S/C12H16BrNO/c1-9(2)8-14(3)12(15)10-4-6-11(13)7-5-10/h4-7,9H,8H2,1-3H3. The van der Waals surface area contributed by atoms with Crippen LogP contribution in [0.15, 0.2) is 28.7 Å². The summed E-state index contributed by atoms with van der Waals surface area (Å²) in [6.45, 7) is 4.99. The van der Waals surface area contributed by atoms with Crippen LogP contribution in [0.3, 0.4) is 0 Å². The third kappa shape index (κ3) is 3.67. The van der Waals surface area contributed by atoms with Crippen LogP contribution >= 0.6 is 15.9 Å². The molecule has 3 heteroatoms. The third-order valence-corrected chi connectivity index (χ3v) is 2.61. The van der Waals surface area contributed by atoms with Crippen LogP contribution < -0.4 is 0 Å². The number of rotatable bonds is 3. The number of carbonyl (C=O) groups excluding carboxylic acids is 1. The molecule has 1 aromatic rings. The van der Waals surface area contributed by atoms with E-state index in [0.717, 1.165) is 16.6 Å². The fraction of sp³-hybridized carbons (Fsp3) is 0.417. The van der Waals surface area contributed by atoms with E-state index in [9.17, 15) is 4.79 Å². The summed E-state index contributed by atoms with van der Waals surface area (Å²) >= 11 is 3.35. The molecule has 0 saturated heterocycles. The van der Waals surface area contributed by atoms with Crippen LogP contribution in [0.5, 0.6) is 0 Å². The van der Waals surface area contributed by atoms with Crippen LogP contribution in [0.4, 0.5) is 0 Å². The van der Waals surface area contributed by atoms with Crippen molar-refractivity contribution in [1.29, 1.82) is 0 Å². The minimum atomic E-state index is 0.0798. The molecule has 0 aliphatic heterocycles. The number of benzene rings is 1. The van der Waals surface area contributed by atoms with Gasteiger partial charge < -0.3 is 4.90 Å². The molecule has 0 atom stereocenters. The first kappa shape index (κ1) is 12.2. The Hall–Kier alpha value is -0.830. The largest absolute Gasteiger partial charge is 0.341 e. The van der Waals surface area contributed by atoms with Gasteiger partial charge in [0.1, 0.15) is 0 Å². The normalized spacial score (nSPS) is 10.5. The van der Waals surface area contributed by atoms with Crippen LogP contribution in [0.2, 0.25) is 0 Å². The summed E-state index contributed by atoms with van der Waals surface area (Å²) in [5.74, 6) is 0.575. The van der Waals surface area contributed by atoms with Gasteiger partial charge in [-0.3, -0.25) is 4.79 Å². The average Bonchev–Trinajstić information content (AvgIpc) is 2.17. The van der Waals surface area contributed by atoms with E-state index in [2.05, 4.69) is 29.8 Å². The van der Waals surface area contributed by atoms with E-state index < -0.39 is 0 Å². The molecule has 1 amide bonds. The maximum absolute atomic E-state index is 11.9. The van der Waals surface area contributed by atoms with Crippen molar-refractivity contribution in [3.8, 4) is 0 Å². The maximum atomic E-state index is 11.9. The van der Waals surface area contributed by atoms with Gasteiger partial charge in [-0.15, -0.1) is 0 Å². The zero-order valence-electron chi connectivity index (χ0n) is 9.33. The number of hydrogen-bond acceptors (Lipinski definition) is 1. The van der Waals surface area contributed by atoms with Crippen molar-refractivity contribution in [2.24, 2.45) is 5.92 Å². The summed E-state index contributed by atoms with van der Waals surface area (Å²) in [5.41, 5.74) is 0.737. The van der Waals surface area contributed by atoms with E-state index in [1.807, 2.05) is 31.3 Å². The summed E-state index contributed by atoms with van der Waals surface area (Å²) in [6, 6.07) is 7.44. The van der Waals surface area contributed by atoms with E-state index in [-0.39, 0.29) is 5.91 Å². The highest BCUT2D eigenvalue weighted by molar-refractivity contribution is 9.10. The van der Waals surface area contributed by atoms with Gasteiger partial charge in [0.15, 0.2) is 0 Å². The van der Waals surface area contributed by atoms with Crippen molar-refractivity contribution in [2.75, 3.05) is 13.6 Å². The molecule has 82 valence electrons. The second-order valence-electron chi connectivity index (χ2n) is 4.09. The second-order valence-corrected chi connectivity index (χ2v) is 5.00. The topological polar surface area (TPSA) is 20.3 Å². The summed E-state index contributed by atoms with van der Waals surface area (Å²) in [4.78, 5) is 13.7. The van der Waals surface area contributed by atoms with Gasteiger partial charge in [0.05, 0.1) is 0 Å². The van der Waals surface area contributed by atoms with Gasteiger partial charge in [-0.25, -0.2) is 0 Å². The number of hydrogen-bond donors (Lipinski definition) is 0. The Bertz CT molecular complexity index is 332. The zero-order valence-corrected chi connectivity index (χ0v) is 10.9. The zero-order chi connectivity index (χ0) is 11.4. The van der Waals surface area contributed by atoms with Gasteiger partial charge in [0, 0.05) is 23.6 Å². The van der Waals surface area contributed by atoms with Gasteiger partial charge in [-0.05, 0) is 30.2 Å². The van der Waals surface area contributed by atoms with Crippen molar-refractivity contribution in [3.63, 3.8) is 0 Å². The van der Waals surface area contributed by atoms with Crippen molar-refractivity contribution in [2.45, 2.75) is 13.8 Å². The number of carbonyl (C=O) groups is 1. The molecule has 0 fully saturated rings. The van der Waals surface area contributed by atoms with E-state index >= 15 is 0 Å². The maximum Gasteiger partial charge on any atom is 0.253 e. The summed E-state index contributed by atoms with van der Waals surface area (Å²) in [6.07, 6.45) is 0. The molecule has 1 aromatic carbocycles. The molecule has 0 aliphatic rings. The quantitative estimate of drug-likeness (QED) is 0.826. The van der Waals surface area contributed by atoms with E-state index in [1.54, 1.807) is 4.90 Å². The monoisotopic (exact) mass is 269 g/mol. The molecular formula is C12H16BrNO. The summed E-state index contributed by atoms with van der Waals surface area (Å²) < 4.78 is 0.991. The molecule has 1 rings (SSSR count). The third-order valence-electron chi connectivity index (χ3n) is 2.08. The van der Waals surface area contributed by atoms with Crippen molar-refractivity contribution in [3.05, 3.63) is 34.3 Å². The van der Waals surface area contributed by atoms with Gasteiger partial charge in [-0.2, -0.15) is 0 Å². The lowest BCUT2D eigenvalue weighted by atomic mass is 10.1. The van der Waals surface area contributed by atoms with Crippen molar-refractivity contribution >= 4 is 21.8 Å². The number of nitrogens with zero attached hydrogens (tertiary/aromatic N) is 1. The first-order chi connectivity index (χ1) is 7.00. The fourth-order valence-corrected chi connectivity index (χ4v) is 1.71. The lowest BCUT2D eigenvalue weighted by Gasteiger charge is -2.19. The van der Waals surface area contributed by atoms with Gasteiger partial charge in [0.2, 0.25) is 0 Å². The number of halogens is 1. The van der Waals surface area contributed by atoms with Crippen LogP contribution in [0, 0.1) is 5.92 Å². The van der Waals surface area contributed by atoms with Crippen molar-refractivity contribution in [1.82, 2.24) is 4.90 Å². The van der Waals surface area contributed by atoms with Crippen LogP contribution in [0.1, 0.15) is 24.2 Å². The molecule has 0 bridgehead atoms. The summed E-state index contributed by atoms with van der Waals surface area (Å²) in [5, 5.41) is 0. The molecule has 2 nitrogen and oxygen atoms in total. The molecular weight excluding hydrogens is 254 g/mol. The van der Waals surface area contributed by atoms with Crippen LogP contribution in [0.25, 0.3) is 0 Å². The first-order valence-corrected chi connectivity index (χ1v) is 5.81. The smallest absolute Gasteiger partial charge is 0.253 e. The molecule has 0 aliphatic carbocycles.